The van der Waals surface area contributed by atoms with Gasteiger partial charge in [-0.15, -0.1) is 10.2 Å². The molecule has 2 aromatic heterocycles. The second-order valence-corrected chi connectivity index (χ2v) is 6.72. The quantitative estimate of drug-likeness (QED) is 0.788. The third-order valence-electron chi connectivity index (χ3n) is 3.96. The molecule has 1 N–H and O–H groups in total. The van der Waals surface area contributed by atoms with Crippen LogP contribution in [-0.4, -0.2) is 32.5 Å². The lowest BCUT2D eigenvalue weighted by Gasteiger charge is -2.11. The summed E-state index contributed by atoms with van der Waals surface area (Å²) in [5.41, 5.74) is 0. The number of hydrogen-bond donors (Lipinski definition) is 1. The number of hydrogen-bond acceptors (Lipinski definition) is 5. The summed E-state index contributed by atoms with van der Waals surface area (Å²) in [5, 5.41) is 12.3. The highest BCUT2D eigenvalue weighted by atomic mass is 32.2. The Balaban J connectivity index is 1.64. The smallest absolute Gasteiger partial charge is 0.230 e. The standard InChI is InChI=1S/C16H22N4O2S/c1-2-9-20-15(13-8-5-10-22-13)18-19-16(20)23-11-14(21)17-12-6-3-4-7-12/h5,8,10,12H,2-4,6-7,9,11H2,1H3,(H,17,21). The molecule has 0 bridgehead atoms. The lowest BCUT2D eigenvalue weighted by molar-refractivity contribution is -0.119. The van der Waals surface area contributed by atoms with Crippen molar-refractivity contribution >= 4 is 17.7 Å². The molecule has 0 spiro atoms. The van der Waals surface area contributed by atoms with Crippen LogP contribution in [0.2, 0.25) is 0 Å². The summed E-state index contributed by atoms with van der Waals surface area (Å²) in [6.07, 6.45) is 7.23. The molecule has 0 aliphatic heterocycles. The molecule has 3 rings (SSSR count). The van der Waals surface area contributed by atoms with Gasteiger partial charge >= 0.3 is 0 Å². The van der Waals surface area contributed by atoms with Gasteiger partial charge in [0.05, 0.1) is 12.0 Å². The Bertz CT molecular complexity index is 633. The van der Waals surface area contributed by atoms with E-state index in [9.17, 15) is 4.79 Å². The van der Waals surface area contributed by atoms with Crippen LogP contribution in [0.1, 0.15) is 39.0 Å². The van der Waals surface area contributed by atoms with Gasteiger partial charge in [0.1, 0.15) is 0 Å². The molecule has 23 heavy (non-hydrogen) atoms. The minimum absolute atomic E-state index is 0.0764. The number of thioether (sulfide) groups is 1. The van der Waals surface area contributed by atoms with Gasteiger partial charge in [-0.25, -0.2) is 0 Å². The number of amides is 1. The maximum atomic E-state index is 12.1. The molecule has 0 atom stereocenters. The van der Waals surface area contributed by atoms with Crippen molar-refractivity contribution in [3.63, 3.8) is 0 Å². The van der Waals surface area contributed by atoms with Crippen LogP contribution >= 0.6 is 11.8 Å². The first kappa shape index (κ1) is 16.1. The van der Waals surface area contributed by atoms with Gasteiger partial charge in [-0.2, -0.15) is 0 Å². The summed E-state index contributed by atoms with van der Waals surface area (Å²) in [5.74, 6) is 1.87. The van der Waals surface area contributed by atoms with Gasteiger partial charge in [-0.1, -0.05) is 31.5 Å². The molecule has 1 saturated carbocycles. The highest BCUT2D eigenvalue weighted by Crippen LogP contribution is 2.25. The number of carbonyl (C=O) groups is 1. The van der Waals surface area contributed by atoms with E-state index in [1.165, 1.54) is 24.6 Å². The molecular weight excluding hydrogens is 312 g/mol. The van der Waals surface area contributed by atoms with Crippen molar-refractivity contribution in [3.8, 4) is 11.6 Å². The van der Waals surface area contributed by atoms with Crippen molar-refractivity contribution in [1.82, 2.24) is 20.1 Å². The Morgan fingerprint density at radius 1 is 1.43 bits per heavy atom. The normalized spacial score (nSPS) is 15.2. The Morgan fingerprint density at radius 2 is 2.26 bits per heavy atom. The van der Waals surface area contributed by atoms with Crippen molar-refractivity contribution < 1.29 is 9.21 Å². The van der Waals surface area contributed by atoms with Gasteiger partial charge in [-0.05, 0) is 31.4 Å². The summed E-state index contributed by atoms with van der Waals surface area (Å²) >= 11 is 1.43. The molecule has 0 saturated heterocycles. The fourth-order valence-corrected chi connectivity index (χ4v) is 3.65. The van der Waals surface area contributed by atoms with Crippen molar-refractivity contribution in [1.29, 1.82) is 0 Å². The second-order valence-electron chi connectivity index (χ2n) is 5.77. The monoisotopic (exact) mass is 334 g/mol. The maximum Gasteiger partial charge on any atom is 0.230 e. The van der Waals surface area contributed by atoms with Gasteiger partial charge in [0, 0.05) is 12.6 Å². The largest absolute Gasteiger partial charge is 0.461 e. The minimum atomic E-state index is 0.0764. The SMILES string of the molecule is CCCn1c(SCC(=O)NC2CCCC2)nnc1-c1ccco1. The summed E-state index contributed by atoms with van der Waals surface area (Å²) in [7, 11) is 0. The zero-order valence-corrected chi connectivity index (χ0v) is 14.1. The van der Waals surface area contributed by atoms with Crippen molar-refractivity contribution in [2.75, 3.05) is 5.75 Å². The second kappa shape index (κ2) is 7.68. The molecule has 1 aliphatic carbocycles. The number of aromatic nitrogens is 3. The van der Waals surface area contributed by atoms with E-state index >= 15 is 0 Å². The van der Waals surface area contributed by atoms with Gasteiger partial charge in [0.2, 0.25) is 5.91 Å². The van der Waals surface area contributed by atoms with Gasteiger partial charge < -0.3 is 9.73 Å². The molecule has 7 heteroatoms. The first-order valence-electron chi connectivity index (χ1n) is 8.17. The van der Waals surface area contributed by atoms with Gasteiger partial charge in [0.15, 0.2) is 16.7 Å². The lowest BCUT2D eigenvalue weighted by atomic mass is 10.2. The molecule has 0 radical (unpaired) electrons. The Kier molecular flexibility index (Phi) is 5.38. The summed E-state index contributed by atoms with van der Waals surface area (Å²) in [6, 6.07) is 4.06. The molecule has 6 nitrogen and oxygen atoms in total. The van der Waals surface area contributed by atoms with Gasteiger partial charge in [-0.3, -0.25) is 9.36 Å². The molecule has 2 aromatic rings. The van der Waals surface area contributed by atoms with E-state index < -0.39 is 0 Å². The third kappa shape index (κ3) is 3.96. The molecule has 124 valence electrons. The average Bonchev–Trinajstić information content (AvgIpc) is 3.27. The fraction of sp³-hybridized carbons (Fsp3) is 0.562. The molecule has 2 heterocycles. The molecule has 1 fully saturated rings. The summed E-state index contributed by atoms with van der Waals surface area (Å²) in [6.45, 7) is 2.91. The zero-order valence-electron chi connectivity index (χ0n) is 13.3. The number of carbonyl (C=O) groups excluding carboxylic acids is 1. The summed E-state index contributed by atoms with van der Waals surface area (Å²) < 4.78 is 7.44. The van der Waals surface area contributed by atoms with E-state index in [0.29, 0.717) is 17.6 Å². The predicted molar refractivity (Wildman–Crippen MR) is 89.1 cm³/mol. The Labute approximate surface area is 140 Å². The van der Waals surface area contributed by atoms with E-state index in [1.54, 1.807) is 6.26 Å². The van der Waals surface area contributed by atoms with Crippen molar-refractivity contribution in [3.05, 3.63) is 18.4 Å². The van der Waals surface area contributed by atoms with Crippen LogP contribution in [0.25, 0.3) is 11.6 Å². The van der Waals surface area contributed by atoms with Crippen LogP contribution < -0.4 is 5.32 Å². The average molecular weight is 334 g/mol. The van der Waals surface area contributed by atoms with E-state index in [0.717, 1.165) is 36.8 Å². The van der Waals surface area contributed by atoms with Crippen molar-refractivity contribution in [2.24, 2.45) is 0 Å². The molecule has 0 aromatic carbocycles. The van der Waals surface area contributed by atoms with Crippen LogP contribution in [0.3, 0.4) is 0 Å². The number of furan rings is 1. The predicted octanol–water partition coefficient (Wildman–Crippen LogP) is 3.10. The number of nitrogens with zero attached hydrogens (tertiary/aromatic N) is 3. The number of nitrogens with one attached hydrogen (secondary N) is 1. The highest BCUT2D eigenvalue weighted by Gasteiger charge is 2.19. The molecule has 1 aliphatic rings. The van der Waals surface area contributed by atoms with Crippen LogP contribution in [0, 0.1) is 0 Å². The van der Waals surface area contributed by atoms with E-state index in [4.69, 9.17) is 4.42 Å². The number of rotatable bonds is 7. The van der Waals surface area contributed by atoms with Crippen LogP contribution in [0.4, 0.5) is 0 Å². The fourth-order valence-electron chi connectivity index (χ4n) is 2.88. The topological polar surface area (TPSA) is 73.0 Å². The van der Waals surface area contributed by atoms with Crippen molar-refractivity contribution in [2.45, 2.75) is 56.8 Å². The minimum Gasteiger partial charge on any atom is -0.461 e. The zero-order chi connectivity index (χ0) is 16.1. The summed E-state index contributed by atoms with van der Waals surface area (Å²) in [4.78, 5) is 12.1. The first-order valence-corrected chi connectivity index (χ1v) is 9.15. The molecular formula is C16H22N4O2S. The lowest BCUT2D eigenvalue weighted by Crippen LogP contribution is -2.33. The Hall–Kier alpha value is -1.76. The molecule has 1 amide bonds. The molecule has 0 unspecified atom stereocenters. The Morgan fingerprint density at radius 3 is 2.96 bits per heavy atom. The van der Waals surface area contributed by atoms with Gasteiger partial charge in [0.25, 0.3) is 0 Å². The van der Waals surface area contributed by atoms with E-state index in [-0.39, 0.29) is 5.91 Å². The highest BCUT2D eigenvalue weighted by molar-refractivity contribution is 7.99. The van der Waals surface area contributed by atoms with Crippen LogP contribution in [0.15, 0.2) is 28.0 Å². The van der Waals surface area contributed by atoms with E-state index in [2.05, 4.69) is 22.4 Å². The maximum absolute atomic E-state index is 12.1. The van der Waals surface area contributed by atoms with Crippen LogP contribution in [-0.2, 0) is 11.3 Å². The first-order chi connectivity index (χ1) is 11.3. The van der Waals surface area contributed by atoms with Crippen LogP contribution in [0.5, 0.6) is 0 Å². The van der Waals surface area contributed by atoms with E-state index in [1.807, 2.05) is 16.7 Å². The third-order valence-corrected chi connectivity index (χ3v) is 4.93.